The number of aromatic nitrogens is 3. The molecular formula is C17H13N5O3S3. The Balaban J connectivity index is 1.70. The molecule has 0 bridgehead atoms. The molecule has 1 amide bonds. The average molecular weight is 432 g/mol. The summed E-state index contributed by atoms with van der Waals surface area (Å²) in [6.07, 6.45) is 1.55. The number of amides is 1. The first-order valence-corrected chi connectivity index (χ1v) is 11.1. The van der Waals surface area contributed by atoms with Crippen molar-refractivity contribution in [2.75, 3.05) is 5.32 Å². The summed E-state index contributed by atoms with van der Waals surface area (Å²) in [5, 5.41) is 4.74. The van der Waals surface area contributed by atoms with Crippen molar-refractivity contribution < 1.29 is 13.2 Å². The van der Waals surface area contributed by atoms with E-state index in [0.29, 0.717) is 16.2 Å². The Bertz CT molecular complexity index is 1210. The van der Waals surface area contributed by atoms with Gasteiger partial charge in [-0.2, -0.15) is 13.5 Å². The third-order valence-electron chi connectivity index (χ3n) is 3.87. The number of carbonyl (C=O) groups excluding carboxylic acids is 1. The highest BCUT2D eigenvalue weighted by atomic mass is 32.2. The number of carbonyl (C=O) groups is 1. The fourth-order valence-electron chi connectivity index (χ4n) is 2.60. The van der Waals surface area contributed by atoms with Crippen molar-refractivity contribution in [2.45, 2.75) is 10.9 Å². The van der Waals surface area contributed by atoms with Gasteiger partial charge in [0.2, 0.25) is 15.9 Å². The smallest absolute Gasteiger partial charge is 0.248 e. The number of sulfonamides is 1. The van der Waals surface area contributed by atoms with Crippen molar-refractivity contribution in [3.8, 4) is 0 Å². The number of nitrogens with zero attached hydrogens (tertiary/aromatic N) is 3. The van der Waals surface area contributed by atoms with Crippen LogP contribution in [0.3, 0.4) is 0 Å². The number of benzene rings is 2. The van der Waals surface area contributed by atoms with Gasteiger partial charge in [-0.05, 0) is 17.7 Å². The van der Waals surface area contributed by atoms with E-state index in [2.05, 4.69) is 23.8 Å². The Labute approximate surface area is 168 Å². The molecule has 0 radical (unpaired) electrons. The zero-order chi connectivity index (χ0) is 19.6. The number of nitrogens with one attached hydrogen (secondary N) is 2. The van der Waals surface area contributed by atoms with Gasteiger partial charge in [0.15, 0.2) is 5.13 Å². The lowest BCUT2D eigenvalue weighted by molar-refractivity contribution is -0.117. The fraction of sp³-hybridized carbons (Fsp3) is 0.0588. The first-order valence-electron chi connectivity index (χ1n) is 8.03. The fourth-order valence-corrected chi connectivity index (χ4v) is 5.08. The molecule has 8 nitrogen and oxygen atoms in total. The van der Waals surface area contributed by atoms with E-state index in [1.54, 1.807) is 54.0 Å². The van der Waals surface area contributed by atoms with Gasteiger partial charge in [0.1, 0.15) is 22.0 Å². The van der Waals surface area contributed by atoms with E-state index in [0.717, 1.165) is 11.7 Å². The summed E-state index contributed by atoms with van der Waals surface area (Å²) < 4.78 is 36.8. The van der Waals surface area contributed by atoms with Crippen LogP contribution in [0.25, 0.3) is 11.0 Å². The van der Waals surface area contributed by atoms with Crippen LogP contribution in [0.1, 0.15) is 11.6 Å². The van der Waals surface area contributed by atoms with Crippen LogP contribution in [0.2, 0.25) is 0 Å². The second-order valence-electron chi connectivity index (χ2n) is 5.68. The van der Waals surface area contributed by atoms with Gasteiger partial charge in [0.05, 0.1) is 11.7 Å². The van der Waals surface area contributed by atoms with Crippen LogP contribution in [0.4, 0.5) is 5.13 Å². The predicted octanol–water partition coefficient (Wildman–Crippen LogP) is 2.81. The minimum absolute atomic E-state index is 0.0262. The molecule has 0 aliphatic rings. The third kappa shape index (κ3) is 3.78. The van der Waals surface area contributed by atoms with Crippen molar-refractivity contribution in [1.29, 1.82) is 0 Å². The maximum atomic E-state index is 13.1. The quantitative estimate of drug-likeness (QED) is 0.485. The Hall–Kier alpha value is -2.73. The van der Waals surface area contributed by atoms with Crippen LogP contribution >= 0.6 is 23.1 Å². The second-order valence-corrected chi connectivity index (χ2v) is 8.79. The largest absolute Gasteiger partial charge is 0.300 e. The zero-order valence-corrected chi connectivity index (χ0v) is 16.6. The van der Waals surface area contributed by atoms with Gasteiger partial charge in [0, 0.05) is 11.6 Å². The van der Waals surface area contributed by atoms with Gasteiger partial charge in [-0.3, -0.25) is 4.79 Å². The maximum absolute atomic E-state index is 13.1. The zero-order valence-electron chi connectivity index (χ0n) is 14.1. The first kappa shape index (κ1) is 18.6. The lowest BCUT2D eigenvalue weighted by atomic mass is 10.1. The monoisotopic (exact) mass is 431 g/mol. The molecule has 0 aliphatic heterocycles. The molecule has 1 atom stereocenters. The molecule has 2 N–H and O–H groups in total. The summed E-state index contributed by atoms with van der Waals surface area (Å²) in [5.41, 5.74) is 1.26. The molecule has 0 saturated carbocycles. The van der Waals surface area contributed by atoms with E-state index < -0.39 is 22.0 Å². The molecule has 11 heteroatoms. The molecule has 2 heterocycles. The number of hydrogen-bond donors (Lipinski definition) is 2. The number of hydrogen-bond acceptors (Lipinski definition) is 8. The molecule has 4 aromatic rings. The van der Waals surface area contributed by atoms with Gasteiger partial charge in [-0.25, -0.2) is 13.4 Å². The molecule has 28 heavy (non-hydrogen) atoms. The van der Waals surface area contributed by atoms with Crippen molar-refractivity contribution >= 4 is 55.2 Å². The van der Waals surface area contributed by atoms with Gasteiger partial charge >= 0.3 is 0 Å². The summed E-state index contributed by atoms with van der Waals surface area (Å²) in [5.74, 6) is -0.534. The molecule has 0 fully saturated rings. The third-order valence-corrected chi connectivity index (χ3v) is 6.55. The van der Waals surface area contributed by atoms with Gasteiger partial charge in [0.25, 0.3) is 0 Å². The standard InChI is InChI=1S/C17H13N5O3S3/c23-16(19-17-18-9-10-26-17)14(11-5-2-1-3-6-11)22-28(24,25)13-8-4-7-12-15(13)21-27-20-12/h1-10,14,22H,(H,18,19,23). The molecule has 2 aromatic carbocycles. The van der Waals surface area contributed by atoms with Crippen LogP contribution in [0.5, 0.6) is 0 Å². The summed E-state index contributed by atoms with van der Waals surface area (Å²) in [4.78, 5) is 16.8. The number of fused-ring (bicyclic) bond motifs is 1. The molecule has 0 spiro atoms. The van der Waals surface area contributed by atoms with E-state index >= 15 is 0 Å². The molecule has 2 aromatic heterocycles. The highest BCUT2D eigenvalue weighted by Crippen LogP contribution is 2.24. The first-order chi connectivity index (χ1) is 13.5. The van der Waals surface area contributed by atoms with Gasteiger partial charge < -0.3 is 5.32 Å². The van der Waals surface area contributed by atoms with Gasteiger partial charge in [-0.1, -0.05) is 36.4 Å². The predicted molar refractivity (Wildman–Crippen MR) is 108 cm³/mol. The Kier molecular flexibility index (Phi) is 5.13. The van der Waals surface area contributed by atoms with Crippen LogP contribution < -0.4 is 10.0 Å². The SMILES string of the molecule is O=C(Nc1nccs1)C(NS(=O)(=O)c1cccc2nsnc12)c1ccccc1. The average Bonchev–Trinajstić information content (AvgIpc) is 3.38. The van der Waals surface area contributed by atoms with Crippen LogP contribution in [-0.2, 0) is 14.8 Å². The summed E-state index contributed by atoms with van der Waals surface area (Å²) in [7, 11) is -4.05. The highest BCUT2D eigenvalue weighted by Gasteiger charge is 2.29. The second kappa shape index (κ2) is 7.72. The van der Waals surface area contributed by atoms with E-state index in [-0.39, 0.29) is 10.4 Å². The highest BCUT2D eigenvalue weighted by molar-refractivity contribution is 7.89. The summed E-state index contributed by atoms with van der Waals surface area (Å²) in [6, 6.07) is 12.2. The van der Waals surface area contributed by atoms with Crippen LogP contribution in [0, 0.1) is 0 Å². The Morgan fingerprint density at radius 2 is 1.86 bits per heavy atom. The minimum atomic E-state index is -4.05. The maximum Gasteiger partial charge on any atom is 0.248 e. The molecule has 4 rings (SSSR count). The van der Waals surface area contributed by atoms with E-state index in [1.165, 1.54) is 17.4 Å². The lowest BCUT2D eigenvalue weighted by Gasteiger charge is -2.18. The Morgan fingerprint density at radius 3 is 2.61 bits per heavy atom. The number of thiazole rings is 1. The summed E-state index contributed by atoms with van der Waals surface area (Å²) in [6.45, 7) is 0. The number of anilines is 1. The van der Waals surface area contributed by atoms with Crippen LogP contribution in [0.15, 0.2) is 65.0 Å². The molecular weight excluding hydrogens is 418 g/mol. The van der Waals surface area contributed by atoms with Crippen molar-refractivity contribution in [1.82, 2.24) is 18.5 Å². The minimum Gasteiger partial charge on any atom is -0.300 e. The normalized spacial score (nSPS) is 12.7. The van der Waals surface area contributed by atoms with E-state index in [4.69, 9.17) is 0 Å². The van der Waals surface area contributed by atoms with E-state index in [9.17, 15) is 13.2 Å². The molecule has 1 unspecified atom stereocenters. The number of rotatable bonds is 6. The van der Waals surface area contributed by atoms with E-state index in [1.807, 2.05) is 0 Å². The topological polar surface area (TPSA) is 114 Å². The molecule has 142 valence electrons. The van der Waals surface area contributed by atoms with Crippen molar-refractivity contribution in [3.63, 3.8) is 0 Å². The van der Waals surface area contributed by atoms with Gasteiger partial charge in [-0.15, -0.1) is 11.3 Å². The lowest BCUT2D eigenvalue weighted by Crippen LogP contribution is -2.37. The van der Waals surface area contributed by atoms with Crippen LogP contribution in [-0.4, -0.2) is 28.1 Å². The molecule has 0 saturated heterocycles. The molecule has 0 aliphatic carbocycles. The van der Waals surface area contributed by atoms with Crippen molar-refractivity contribution in [2.24, 2.45) is 0 Å². The summed E-state index contributed by atoms with van der Waals surface area (Å²) >= 11 is 2.17. The Morgan fingerprint density at radius 1 is 1.04 bits per heavy atom. The van der Waals surface area contributed by atoms with Crippen molar-refractivity contribution in [3.05, 3.63) is 65.7 Å².